The van der Waals surface area contributed by atoms with E-state index in [1.807, 2.05) is 0 Å². The maximum atomic E-state index is 13.8. The summed E-state index contributed by atoms with van der Waals surface area (Å²) in [6.07, 6.45) is 0.152. The largest absolute Gasteiger partial charge is 0.508 e. The number of aliphatic hydroxyl groups is 3. The molecule has 2 amide bonds. The number of likely N-dealkylation sites (N-methyl/N-ethyl adjacent to an activating group) is 1. The molecule has 11 heteroatoms. The van der Waals surface area contributed by atoms with E-state index in [1.165, 1.54) is 11.0 Å². The van der Waals surface area contributed by atoms with Gasteiger partial charge in [0.25, 0.3) is 5.91 Å². The number of carbonyl (C=O) groups excluding carboxylic acids is 4. The lowest BCUT2D eigenvalue weighted by molar-refractivity contribution is -0.153. The quantitative estimate of drug-likeness (QED) is 0.305. The normalized spacial score (nSPS) is 27.2. The van der Waals surface area contributed by atoms with E-state index in [-0.39, 0.29) is 42.2 Å². The van der Waals surface area contributed by atoms with Gasteiger partial charge in [0.05, 0.1) is 11.6 Å². The molecule has 4 rings (SSSR count). The van der Waals surface area contributed by atoms with Crippen molar-refractivity contribution >= 4 is 29.1 Å². The molecule has 0 radical (unpaired) electrons. The third-order valence-corrected chi connectivity index (χ3v) is 7.82. The van der Waals surface area contributed by atoms with Crippen LogP contribution in [0.3, 0.4) is 0 Å². The minimum atomic E-state index is -2.68. The summed E-state index contributed by atoms with van der Waals surface area (Å²) >= 11 is 0. The third-order valence-electron chi connectivity index (χ3n) is 7.82. The Morgan fingerprint density at radius 1 is 1.16 bits per heavy atom. The average Bonchev–Trinajstić information content (AvgIpc) is 2.79. The van der Waals surface area contributed by atoms with Crippen LogP contribution >= 0.6 is 0 Å². The highest BCUT2D eigenvalue weighted by Gasteiger charge is 2.64. The van der Waals surface area contributed by atoms with Gasteiger partial charge in [-0.2, -0.15) is 0 Å². The summed E-state index contributed by atoms with van der Waals surface area (Å²) in [6, 6.07) is 1.81. The Kier molecular flexibility index (Phi) is 6.44. The molecule has 204 valence electrons. The molecule has 1 saturated carbocycles. The lowest BCUT2D eigenvalue weighted by Gasteiger charge is -2.50. The van der Waals surface area contributed by atoms with Crippen molar-refractivity contribution in [3.63, 3.8) is 0 Å². The molecule has 4 atom stereocenters. The van der Waals surface area contributed by atoms with Gasteiger partial charge in [0.2, 0.25) is 11.7 Å². The molecule has 3 aliphatic rings. The summed E-state index contributed by atoms with van der Waals surface area (Å²) in [4.78, 5) is 52.9. The number of carbonyl (C=O) groups is 4. The fraction of sp³-hybridized carbons (Fsp3) is 0.481. The van der Waals surface area contributed by atoms with Gasteiger partial charge in [0.1, 0.15) is 22.8 Å². The fourth-order valence-corrected chi connectivity index (χ4v) is 5.91. The van der Waals surface area contributed by atoms with E-state index >= 15 is 0 Å². The molecular weight excluding hydrogens is 494 g/mol. The first kappa shape index (κ1) is 27.3. The molecule has 0 aliphatic heterocycles. The fourth-order valence-electron chi connectivity index (χ4n) is 5.91. The van der Waals surface area contributed by atoms with Gasteiger partial charge < -0.3 is 31.5 Å². The Hall–Kier alpha value is -3.70. The number of ketones is 2. The minimum Gasteiger partial charge on any atom is -0.508 e. The first-order valence-electron chi connectivity index (χ1n) is 12.3. The predicted octanol–water partition coefficient (Wildman–Crippen LogP) is 0.626. The number of primary amides is 1. The van der Waals surface area contributed by atoms with Crippen LogP contribution in [0.15, 0.2) is 29.0 Å². The van der Waals surface area contributed by atoms with Crippen LogP contribution in [0.1, 0.15) is 43.9 Å². The van der Waals surface area contributed by atoms with Crippen LogP contribution in [0.2, 0.25) is 0 Å². The first-order valence-corrected chi connectivity index (χ1v) is 12.3. The zero-order valence-electron chi connectivity index (χ0n) is 22.0. The second-order valence-electron chi connectivity index (χ2n) is 11.5. The summed E-state index contributed by atoms with van der Waals surface area (Å²) in [5, 5.41) is 47.2. The number of fused-ring (bicyclic) bond motifs is 3. The third kappa shape index (κ3) is 3.88. The number of Topliss-reactive ketones (excluding diaryl/α,β-unsaturated/α-hetero) is 2. The highest BCUT2D eigenvalue weighted by molar-refractivity contribution is 6.24. The van der Waals surface area contributed by atoms with Crippen molar-refractivity contribution in [1.82, 2.24) is 10.2 Å². The van der Waals surface area contributed by atoms with Crippen LogP contribution in [0.4, 0.5) is 0 Å². The molecule has 0 aromatic heterocycles. The van der Waals surface area contributed by atoms with Crippen LogP contribution in [0, 0.1) is 17.3 Å². The molecule has 1 aromatic rings. The second kappa shape index (κ2) is 8.95. The van der Waals surface area contributed by atoms with Crippen molar-refractivity contribution in [1.29, 1.82) is 0 Å². The number of aliphatic hydroxyl groups excluding tert-OH is 2. The van der Waals surface area contributed by atoms with Crippen LogP contribution in [0.5, 0.6) is 5.75 Å². The lowest BCUT2D eigenvalue weighted by atomic mass is 9.57. The van der Waals surface area contributed by atoms with Gasteiger partial charge in [-0.05, 0) is 50.0 Å². The number of phenolic OH excluding ortho intramolecular Hbond substituents is 1. The zero-order chi connectivity index (χ0) is 28.5. The van der Waals surface area contributed by atoms with Crippen molar-refractivity contribution < 1.29 is 39.6 Å². The van der Waals surface area contributed by atoms with Crippen LogP contribution in [-0.2, 0) is 32.1 Å². The molecule has 4 unspecified atom stereocenters. The molecule has 0 saturated heterocycles. The monoisotopic (exact) mass is 527 g/mol. The van der Waals surface area contributed by atoms with E-state index in [0.717, 1.165) is 0 Å². The van der Waals surface area contributed by atoms with E-state index < -0.39 is 63.5 Å². The highest BCUT2D eigenvalue weighted by atomic mass is 16.3. The number of aromatic hydroxyl groups is 1. The Balaban J connectivity index is 1.87. The van der Waals surface area contributed by atoms with Gasteiger partial charge >= 0.3 is 0 Å². The summed E-state index contributed by atoms with van der Waals surface area (Å²) in [6.45, 7) is 5.42. The Morgan fingerprint density at radius 3 is 2.34 bits per heavy atom. The van der Waals surface area contributed by atoms with Gasteiger partial charge in [0.15, 0.2) is 11.4 Å². The number of benzene rings is 1. The van der Waals surface area contributed by atoms with Crippen LogP contribution in [0.25, 0.3) is 5.76 Å². The number of nitrogens with two attached hydrogens (primary N) is 1. The molecular formula is C27H33N3O8. The Labute approximate surface area is 219 Å². The highest BCUT2D eigenvalue weighted by Crippen LogP contribution is 2.52. The molecule has 0 bridgehead atoms. The number of hydrogen-bond donors (Lipinski definition) is 6. The molecule has 7 N–H and O–H groups in total. The molecule has 0 heterocycles. The lowest BCUT2D eigenvalue weighted by Crippen LogP contribution is -2.65. The SMILES string of the molecule is CN(C)C1C(=O)C(C(N)=O)=C(O)C2(O)C(=O)C3=C(O)c4c(O)ccc(CNC(=O)C(C)(C)C)c4CC3CC12. The first-order chi connectivity index (χ1) is 17.5. The number of nitrogens with one attached hydrogen (secondary N) is 1. The van der Waals surface area contributed by atoms with Crippen molar-refractivity contribution in [2.24, 2.45) is 23.0 Å². The maximum Gasteiger partial charge on any atom is 0.255 e. The predicted molar refractivity (Wildman–Crippen MR) is 136 cm³/mol. The summed E-state index contributed by atoms with van der Waals surface area (Å²) in [7, 11) is 3.09. The maximum absolute atomic E-state index is 13.8. The van der Waals surface area contributed by atoms with Crippen molar-refractivity contribution in [2.75, 3.05) is 14.1 Å². The molecule has 3 aliphatic carbocycles. The number of nitrogens with zero attached hydrogens (tertiary/aromatic N) is 1. The van der Waals surface area contributed by atoms with E-state index in [0.29, 0.717) is 11.1 Å². The van der Waals surface area contributed by atoms with E-state index in [2.05, 4.69) is 5.32 Å². The van der Waals surface area contributed by atoms with Gasteiger partial charge in [-0.1, -0.05) is 26.8 Å². The number of hydrogen-bond acceptors (Lipinski definition) is 9. The van der Waals surface area contributed by atoms with E-state index in [4.69, 9.17) is 5.73 Å². The number of amides is 2. The van der Waals surface area contributed by atoms with Gasteiger partial charge in [-0.25, -0.2) is 0 Å². The number of phenols is 1. The van der Waals surface area contributed by atoms with E-state index in [1.54, 1.807) is 40.9 Å². The van der Waals surface area contributed by atoms with Crippen molar-refractivity contribution in [3.8, 4) is 5.75 Å². The summed E-state index contributed by atoms with van der Waals surface area (Å²) in [5.74, 6) is -7.19. The van der Waals surface area contributed by atoms with Crippen LogP contribution in [-0.4, -0.2) is 74.4 Å². The van der Waals surface area contributed by atoms with Gasteiger partial charge in [0, 0.05) is 23.5 Å². The number of rotatable bonds is 4. The van der Waals surface area contributed by atoms with E-state index in [9.17, 15) is 39.6 Å². The second-order valence-corrected chi connectivity index (χ2v) is 11.5. The molecule has 1 fully saturated rings. The van der Waals surface area contributed by atoms with Gasteiger partial charge in [-0.15, -0.1) is 0 Å². The zero-order valence-corrected chi connectivity index (χ0v) is 22.0. The minimum absolute atomic E-state index is 0.00475. The van der Waals surface area contributed by atoms with Crippen molar-refractivity contribution in [3.05, 3.63) is 45.7 Å². The Bertz CT molecular complexity index is 1340. The topological polar surface area (TPSA) is 190 Å². The summed E-state index contributed by atoms with van der Waals surface area (Å²) in [5.41, 5.74) is 2.06. The average molecular weight is 528 g/mol. The van der Waals surface area contributed by atoms with Gasteiger partial charge in [-0.3, -0.25) is 24.1 Å². The molecule has 11 nitrogen and oxygen atoms in total. The van der Waals surface area contributed by atoms with Crippen molar-refractivity contribution in [2.45, 2.75) is 51.8 Å². The standard InChI is InChI=1S/C27H33N3O8/c1-26(2,3)25(37)29-10-11-6-7-15(31)17-13(11)8-12-9-14-19(30(4)5)21(33)18(24(28)36)23(35)27(14,38)22(34)16(12)20(17)32/h6-7,12,14,19,31-32,35,38H,8-10H2,1-5H3,(H2,28,36)(H,29,37). The molecule has 0 spiro atoms. The smallest absolute Gasteiger partial charge is 0.255 e. The van der Waals surface area contributed by atoms with Crippen LogP contribution < -0.4 is 11.1 Å². The molecule has 38 heavy (non-hydrogen) atoms. The molecule has 1 aromatic carbocycles. The summed E-state index contributed by atoms with van der Waals surface area (Å²) < 4.78 is 0. The Morgan fingerprint density at radius 2 is 1.79 bits per heavy atom.